The van der Waals surface area contributed by atoms with Gasteiger partial charge in [0.1, 0.15) is 23.0 Å². The second-order valence-electron chi connectivity index (χ2n) is 7.58. The monoisotopic (exact) mass is 466 g/mol. The van der Waals surface area contributed by atoms with Crippen LogP contribution in [-0.2, 0) is 16.4 Å². The number of methoxy groups -OCH3 is 1. The molecule has 1 atom stereocenters. The number of rotatable bonds is 9. The van der Waals surface area contributed by atoms with Gasteiger partial charge in [-0.15, -0.1) is 0 Å². The van der Waals surface area contributed by atoms with E-state index < -0.39 is 33.4 Å². The number of carbonyl (C=O) groups is 1. The van der Waals surface area contributed by atoms with Gasteiger partial charge in [-0.3, -0.25) is 4.79 Å². The summed E-state index contributed by atoms with van der Waals surface area (Å²) in [5.41, 5.74) is 0.0414. The Kier molecular flexibility index (Phi) is 7.07. The van der Waals surface area contributed by atoms with Crippen LogP contribution in [0.2, 0.25) is 0 Å². The number of aromatic nitrogens is 2. The fraction of sp³-hybridized carbons (Fsp3) is 0.381. The predicted octanol–water partition coefficient (Wildman–Crippen LogP) is 2.93. The van der Waals surface area contributed by atoms with Crippen LogP contribution in [0.4, 0.5) is 14.6 Å². The summed E-state index contributed by atoms with van der Waals surface area (Å²) in [5.74, 6) is -1.56. The smallest absolute Gasteiger partial charge is 0.257 e. The summed E-state index contributed by atoms with van der Waals surface area (Å²) in [6, 6.07) is 1.70. The maximum atomic E-state index is 14.3. The van der Waals surface area contributed by atoms with Gasteiger partial charge in [0.2, 0.25) is 0 Å². The number of benzene rings is 1. The average molecular weight is 467 g/mol. The molecule has 0 saturated heterocycles. The molecule has 1 aromatic heterocycles. The maximum absolute atomic E-state index is 14.3. The zero-order chi connectivity index (χ0) is 23.5. The van der Waals surface area contributed by atoms with Gasteiger partial charge in [0.15, 0.2) is 21.5 Å². The highest BCUT2D eigenvalue weighted by atomic mass is 32.2. The first-order valence-electron chi connectivity index (χ1n) is 9.90. The largest absolute Gasteiger partial charge is 0.496 e. The lowest BCUT2D eigenvalue weighted by Gasteiger charge is -2.16. The molecule has 1 aliphatic carbocycles. The Morgan fingerprint density at radius 2 is 2.06 bits per heavy atom. The maximum Gasteiger partial charge on any atom is 0.257 e. The Balaban J connectivity index is 1.85. The summed E-state index contributed by atoms with van der Waals surface area (Å²) in [6.07, 6.45) is 5.62. The Morgan fingerprint density at radius 3 is 2.69 bits per heavy atom. The van der Waals surface area contributed by atoms with Gasteiger partial charge in [0.05, 0.1) is 12.7 Å². The van der Waals surface area contributed by atoms with Crippen LogP contribution in [0.15, 0.2) is 29.8 Å². The van der Waals surface area contributed by atoms with Crippen molar-refractivity contribution in [1.29, 1.82) is 0 Å². The molecule has 0 spiro atoms. The van der Waals surface area contributed by atoms with Crippen molar-refractivity contribution in [3.63, 3.8) is 0 Å². The predicted molar refractivity (Wildman–Crippen MR) is 115 cm³/mol. The van der Waals surface area contributed by atoms with Gasteiger partial charge < -0.3 is 15.4 Å². The van der Waals surface area contributed by atoms with Crippen molar-refractivity contribution in [3.05, 3.63) is 58.4 Å². The third kappa shape index (κ3) is 6.00. The zero-order valence-corrected chi connectivity index (χ0v) is 18.7. The van der Waals surface area contributed by atoms with Gasteiger partial charge in [0.25, 0.3) is 5.91 Å². The Hall–Kier alpha value is -3.08. The number of anilines is 1. The number of nitrogens with one attached hydrogen (secondary N) is 2. The fourth-order valence-corrected chi connectivity index (χ4v) is 3.45. The van der Waals surface area contributed by atoms with Crippen LogP contribution >= 0.6 is 0 Å². The quantitative estimate of drug-likeness (QED) is 0.585. The zero-order valence-electron chi connectivity index (χ0n) is 17.9. The SMILES string of the molecule is COc1ccc(F)c(F)c1CNc1nc(C2CC2)ncc1C(=O)N[C@@H](C)/C=C/S(C)(=O)=O. The van der Waals surface area contributed by atoms with Gasteiger partial charge in [-0.2, -0.15) is 0 Å². The van der Waals surface area contributed by atoms with E-state index in [0.29, 0.717) is 5.82 Å². The lowest BCUT2D eigenvalue weighted by molar-refractivity contribution is 0.0947. The molecule has 0 radical (unpaired) electrons. The average Bonchev–Trinajstić information content (AvgIpc) is 3.58. The molecule has 2 N–H and O–H groups in total. The van der Waals surface area contributed by atoms with Crippen LogP contribution in [0.25, 0.3) is 0 Å². The van der Waals surface area contributed by atoms with Crippen LogP contribution < -0.4 is 15.4 Å². The molecule has 0 unspecified atom stereocenters. The molecule has 32 heavy (non-hydrogen) atoms. The van der Waals surface area contributed by atoms with Crippen molar-refractivity contribution in [1.82, 2.24) is 15.3 Å². The van der Waals surface area contributed by atoms with E-state index in [0.717, 1.165) is 30.6 Å². The summed E-state index contributed by atoms with van der Waals surface area (Å²) in [6.45, 7) is 1.43. The van der Waals surface area contributed by atoms with Crippen LogP contribution in [0.1, 0.15) is 47.4 Å². The van der Waals surface area contributed by atoms with Crippen molar-refractivity contribution in [2.75, 3.05) is 18.7 Å². The molecule has 1 saturated carbocycles. The van der Waals surface area contributed by atoms with Crippen LogP contribution in [0.5, 0.6) is 5.75 Å². The number of hydrogen-bond donors (Lipinski definition) is 2. The molecule has 0 bridgehead atoms. The fourth-order valence-electron chi connectivity index (χ4n) is 2.93. The Labute approximate surface area is 185 Å². The minimum Gasteiger partial charge on any atom is -0.496 e. The minimum atomic E-state index is -3.34. The van der Waals surface area contributed by atoms with E-state index in [1.165, 1.54) is 25.4 Å². The van der Waals surface area contributed by atoms with Crippen LogP contribution in [0.3, 0.4) is 0 Å². The van der Waals surface area contributed by atoms with Gasteiger partial charge in [0, 0.05) is 36.4 Å². The number of halogens is 2. The molecule has 2 aromatic rings. The van der Waals surface area contributed by atoms with E-state index >= 15 is 0 Å². The third-order valence-corrected chi connectivity index (χ3v) is 5.42. The highest BCUT2D eigenvalue weighted by molar-refractivity contribution is 7.93. The first-order valence-corrected chi connectivity index (χ1v) is 11.8. The first-order chi connectivity index (χ1) is 15.1. The van der Waals surface area contributed by atoms with Gasteiger partial charge in [-0.1, -0.05) is 6.08 Å². The summed E-state index contributed by atoms with van der Waals surface area (Å²) in [4.78, 5) is 21.4. The molecule has 1 amide bonds. The molecular formula is C21H24F2N4O4S. The summed E-state index contributed by atoms with van der Waals surface area (Å²) in [7, 11) is -1.99. The number of nitrogens with zero attached hydrogens (tertiary/aromatic N) is 2. The number of ether oxygens (including phenoxy) is 1. The lowest BCUT2D eigenvalue weighted by Crippen LogP contribution is -2.32. The number of hydrogen-bond acceptors (Lipinski definition) is 7. The van der Waals surface area contributed by atoms with Crippen LogP contribution in [-0.4, -0.2) is 43.7 Å². The Bertz CT molecular complexity index is 1150. The van der Waals surface area contributed by atoms with E-state index in [-0.39, 0.29) is 35.2 Å². The van der Waals surface area contributed by atoms with Crippen LogP contribution in [0, 0.1) is 11.6 Å². The molecule has 1 heterocycles. The Morgan fingerprint density at radius 1 is 1.34 bits per heavy atom. The number of carbonyl (C=O) groups excluding carboxylic acids is 1. The molecule has 11 heteroatoms. The molecule has 8 nitrogen and oxygen atoms in total. The van der Waals surface area contributed by atoms with Gasteiger partial charge >= 0.3 is 0 Å². The van der Waals surface area contributed by atoms with Crippen molar-refractivity contribution in [3.8, 4) is 5.75 Å². The molecular weight excluding hydrogens is 442 g/mol. The lowest BCUT2D eigenvalue weighted by atomic mass is 10.1. The summed E-state index contributed by atoms with van der Waals surface area (Å²) >= 11 is 0. The van der Waals surface area contributed by atoms with E-state index in [2.05, 4.69) is 20.6 Å². The molecule has 172 valence electrons. The topological polar surface area (TPSA) is 110 Å². The molecule has 1 aliphatic rings. The van der Waals surface area contributed by atoms with E-state index in [4.69, 9.17) is 4.74 Å². The van der Waals surface area contributed by atoms with Gasteiger partial charge in [-0.05, 0) is 31.9 Å². The summed E-state index contributed by atoms with van der Waals surface area (Å²) < 4.78 is 55.7. The van der Waals surface area contributed by atoms with Crippen molar-refractivity contribution in [2.45, 2.75) is 38.3 Å². The minimum absolute atomic E-state index is 0.0464. The molecule has 3 rings (SSSR count). The highest BCUT2D eigenvalue weighted by Gasteiger charge is 2.28. The molecule has 0 aliphatic heterocycles. The van der Waals surface area contributed by atoms with E-state index in [9.17, 15) is 22.0 Å². The van der Waals surface area contributed by atoms with E-state index in [1.54, 1.807) is 6.92 Å². The number of amides is 1. The standard InChI is InChI=1S/C21H24F2N4O4S/c1-12(8-9-32(3,29)30)26-21(28)15-11-24-19(13-4-5-13)27-20(15)25-10-14-17(31-2)7-6-16(22)18(14)23/h6-9,11-13H,4-5,10H2,1-3H3,(H,26,28)(H,24,25,27)/b9-8+/t12-/m0/s1. The normalized spacial score (nSPS) is 14.9. The second-order valence-corrected chi connectivity index (χ2v) is 9.51. The number of sulfone groups is 1. The van der Waals surface area contributed by atoms with Crippen molar-refractivity contribution >= 4 is 21.6 Å². The van der Waals surface area contributed by atoms with Crippen molar-refractivity contribution < 1.29 is 26.7 Å². The summed E-state index contributed by atoms with van der Waals surface area (Å²) in [5, 5.41) is 6.54. The van der Waals surface area contributed by atoms with Gasteiger partial charge in [-0.25, -0.2) is 27.2 Å². The highest BCUT2D eigenvalue weighted by Crippen LogP contribution is 2.38. The third-order valence-electron chi connectivity index (χ3n) is 4.77. The molecule has 1 aromatic carbocycles. The van der Waals surface area contributed by atoms with E-state index in [1.807, 2.05) is 0 Å². The molecule has 1 fully saturated rings. The van der Waals surface area contributed by atoms with Crippen molar-refractivity contribution in [2.24, 2.45) is 0 Å². The second kappa shape index (κ2) is 9.60. The first kappa shape index (κ1) is 23.6.